The van der Waals surface area contributed by atoms with Crippen molar-refractivity contribution in [1.82, 2.24) is 14.8 Å². The highest BCUT2D eigenvalue weighted by Crippen LogP contribution is 2.22. The minimum absolute atomic E-state index is 0.144. The first-order chi connectivity index (χ1) is 12.1. The number of nitrogens with one attached hydrogen (secondary N) is 1. The second-order valence-corrected chi connectivity index (χ2v) is 6.30. The molecule has 2 aromatic heterocycles. The standard InChI is InChI=1S/C20H18N4O/c1-13(2)24-19-15(11-22-24)10-16(12-21-19)23-20(25)18-9-5-7-14-6-3-4-8-17(14)18/h3-13H,1-2H3,(H,23,25). The van der Waals surface area contributed by atoms with Crippen LogP contribution in [0.5, 0.6) is 0 Å². The first-order valence-electron chi connectivity index (χ1n) is 8.26. The van der Waals surface area contributed by atoms with Gasteiger partial charge in [-0.25, -0.2) is 9.67 Å². The summed E-state index contributed by atoms with van der Waals surface area (Å²) in [6, 6.07) is 15.7. The third-order valence-corrected chi connectivity index (χ3v) is 4.21. The summed E-state index contributed by atoms with van der Waals surface area (Å²) < 4.78 is 1.87. The number of rotatable bonds is 3. The monoisotopic (exact) mass is 330 g/mol. The van der Waals surface area contributed by atoms with Crippen molar-refractivity contribution < 1.29 is 4.79 Å². The smallest absolute Gasteiger partial charge is 0.256 e. The van der Waals surface area contributed by atoms with Crippen LogP contribution in [0.2, 0.25) is 0 Å². The molecule has 0 fully saturated rings. The molecule has 2 heterocycles. The minimum atomic E-state index is -0.144. The average Bonchev–Trinajstić information content (AvgIpc) is 3.04. The minimum Gasteiger partial charge on any atom is -0.321 e. The van der Waals surface area contributed by atoms with Gasteiger partial charge in [-0.1, -0.05) is 36.4 Å². The highest BCUT2D eigenvalue weighted by molar-refractivity contribution is 6.13. The summed E-state index contributed by atoms with van der Waals surface area (Å²) >= 11 is 0. The number of nitrogens with zero attached hydrogens (tertiary/aromatic N) is 3. The van der Waals surface area contributed by atoms with Crippen LogP contribution < -0.4 is 5.32 Å². The Morgan fingerprint density at radius 2 is 1.84 bits per heavy atom. The lowest BCUT2D eigenvalue weighted by molar-refractivity contribution is 0.102. The summed E-state index contributed by atoms with van der Waals surface area (Å²) in [5, 5.41) is 10.2. The van der Waals surface area contributed by atoms with Gasteiger partial charge in [-0.05, 0) is 36.8 Å². The fraction of sp³-hybridized carbons (Fsp3) is 0.150. The zero-order valence-corrected chi connectivity index (χ0v) is 14.1. The molecule has 1 amide bonds. The van der Waals surface area contributed by atoms with Crippen LogP contribution in [0.4, 0.5) is 5.69 Å². The fourth-order valence-corrected chi connectivity index (χ4v) is 3.01. The van der Waals surface area contributed by atoms with Gasteiger partial charge in [0.1, 0.15) is 0 Å². The Hall–Kier alpha value is -3.21. The van der Waals surface area contributed by atoms with Crippen LogP contribution in [-0.2, 0) is 0 Å². The Kier molecular flexibility index (Phi) is 3.69. The van der Waals surface area contributed by atoms with Crippen LogP contribution >= 0.6 is 0 Å². The molecule has 25 heavy (non-hydrogen) atoms. The molecule has 4 aromatic rings. The van der Waals surface area contributed by atoms with E-state index in [4.69, 9.17) is 0 Å². The van der Waals surface area contributed by atoms with Crippen LogP contribution in [0.25, 0.3) is 21.8 Å². The van der Waals surface area contributed by atoms with Gasteiger partial charge in [-0.2, -0.15) is 5.10 Å². The van der Waals surface area contributed by atoms with E-state index in [-0.39, 0.29) is 11.9 Å². The number of pyridine rings is 1. The first-order valence-corrected chi connectivity index (χ1v) is 8.26. The van der Waals surface area contributed by atoms with E-state index in [1.54, 1.807) is 12.4 Å². The van der Waals surface area contributed by atoms with Crippen molar-refractivity contribution >= 4 is 33.4 Å². The zero-order valence-electron chi connectivity index (χ0n) is 14.1. The van der Waals surface area contributed by atoms with E-state index < -0.39 is 0 Å². The second kappa shape index (κ2) is 6.02. The van der Waals surface area contributed by atoms with Crippen molar-refractivity contribution in [3.05, 3.63) is 66.5 Å². The van der Waals surface area contributed by atoms with Gasteiger partial charge in [0.2, 0.25) is 0 Å². The van der Waals surface area contributed by atoms with Crippen molar-refractivity contribution in [3.8, 4) is 0 Å². The van der Waals surface area contributed by atoms with Crippen LogP contribution in [0.1, 0.15) is 30.2 Å². The normalized spacial score (nSPS) is 11.3. The average molecular weight is 330 g/mol. The summed E-state index contributed by atoms with van der Waals surface area (Å²) in [6.45, 7) is 4.12. The molecule has 0 aliphatic heterocycles. The molecule has 4 rings (SSSR count). The maximum Gasteiger partial charge on any atom is 0.256 e. The molecule has 0 saturated heterocycles. The Morgan fingerprint density at radius 3 is 2.68 bits per heavy atom. The third kappa shape index (κ3) is 2.74. The van der Waals surface area contributed by atoms with Gasteiger partial charge in [0.25, 0.3) is 5.91 Å². The quantitative estimate of drug-likeness (QED) is 0.605. The van der Waals surface area contributed by atoms with Crippen molar-refractivity contribution in [2.75, 3.05) is 5.32 Å². The Bertz CT molecular complexity index is 1080. The van der Waals surface area contributed by atoms with Gasteiger partial charge < -0.3 is 5.32 Å². The molecule has 0 unspecified atom stereocenters. The predicted octanol–water partition coefficient (Wildman–Crippen LogP) is 4.42. The van der Waals surface area contributed by atoms with E-state index in [1.165, 1.54) is 0 Å². The van der Waals surface area contributed by atoms with E-state index in [2.05, 4.69) is 29.2 Å². The number of carbonyl (C=O) groups is 1. The first kappa shape index (κ1) is 15.3. The number of hydrogen-bond donors (Lipinski definition) is 1. The molecule has 0 atom stereocenters. The number of benzene rings is 2. The molecular formula is C20H18N4O. The highest BCUT2D eigenvalue weighted by atomic mass is 16.1. The van der Waals surface area contributed by atoms with E-state index in [0.29, 0.717) is 11.3 Å². The fourth-order valence-electron chi connectivity index (χ4n) is 3.01. The summed E-state index contributed by atoms with van der Waals surface area (Å²) in [4.78, 5) is 17.2. The van der Waals surface area contributed by atoms with Gasteiger partial charge in [0, 0.05) is 17.0 Å². The van der Waals surface area contributed by atoms with Crippen LogP contribution in [0, 0.1) is 0 Å². The van der Waals surface area contributed by atoms with Crippen molar-refractivity contribution in [3.63, 3.8) is 0 Å². The lowest BCUT2D eigenvalue weighted by Gasteiger charge is -2.09. The maximum absolute atomic E-state index is 12.7. The van der Waals surface area contributed by atoms with Gasteiger partial charge >= 0.3 is 0 Å². The summed E-state index contributed by atoms with van der Waals surface area (Å²) in [6.07, 6.45) is 3.45. The number of hydrogen-bond acceptors (Lipinski definition) is 3. The van der Waals surface area contributed by atoms with Crippen molar-refractivity contribution in [2.45, 2.75) is 19.9 Å². The lowest BCUT2D eigenvalue weighted by Crippen LogP contribution is -2.12. The number of amides is 1. The van der Waals surface area contributed by atoms with Gasteiger partial charge in [-0.3, -0.25) is 4.79 Å². The third-order valence-electron chi connectivity index (χ3n) is 4.21. The second-order valence-electron chi connectivity index (χ2n) is 6.30. The number of fused-ring (bicyclic) bond motifs is 2. The molecule has 1 N–H and O–H groups in total. The number of anilines is 1. The Balaban J connectivity index is 1.67. The maximum atomic E-state index is 12.7. The zero-order chi connectivity index (χ0) is 17.4. The van der Waals surface area contributed by atoms with Crippen LogP contribution in [-0.4, -0.2) is 20.7 Å². The molecule has 0 saturated carbocycles. The Morgan fingerprint density at radius 1 is 1.04 bits per heavy atom. The molecule has 0 bridgehead atoms. The summed E-state index contributed by atoms with van der Waals surface area (Å²) in [7, 11) is 0. The van der Waals surface area contributed by atoms with Gasteiger partial charge in [0.05, 0.1) is 18.1 Å². The van der Waals surface area contributed by atoms with Crippen LogP contribution in [0.3, 0.4) is 0 Å². The summed E-state index contributed by atoms with van der Waals surface area (Å²) in [5.74, 6) is -0.144. The van der Waals surface area contributed by atoms with Gasteiger partial charge in [-0.15, -0.1) is 0 Å². The number of aromatic nitrogens is 3. The highest BCUT2D eigenvalue weighted by Gasteiger charge is 2.12. The van der Waals surface area contributed by atoms with E-state index in [0.717, 1.165) is 21.8 Å². The SMILES string of the molecule is CC(C)n1ncc2cc(NC(=O)c3cccc4ccccc34)cnc21. The molecule has 0 spiro atoms. The van der Waals surface area contributed by atoms with E-state index in [9.17, 15) is 4.79 Å². The Labute approximate surface area is 145 Å². The molecule has 5 heteroatoms. The molecule has 124 valence electrons. The topological polar surface area (TPSA) is 59.8 Å². The van der Waals surface area contributed by atoms with E-state index >= 15 is 0 Å². The largest absolute Gasteiger partial charge is 0.321 e. The number of carbonyl (C=O) groups excluding carboxylic acids is 1. The molecule has 2 aromatic carbocycles. The van der Waals surface area contributed by atoms with Crippen LogP contribution in [0.15, 0.2) is 60.9 Å². The van der Waals surface area contributed by atoms with Crippen molar-refractivity contribution in [2.24, 2.45) is 0 Å². The molecule has 0 radical (unpaired) electrons. The molecule has 0 aliphatic carbocycles. The lowest BCUT2D eigenvalue weighted by atomic mass is 10.0. The molecule has 5 nitrogen and oxygen atoms in total. The van der Waals surface area contributed by atoms with Gasteiger partial charge in [0.15, 0.2) is 5.65 Å². The van der Waals surface area contributed by atoms with E-state index in [1.807, 2.05) is 53.2 Å². The predicted molar refractivity (Wildman–Crippen MR) is 99.8 cm³/mol. The molecule has 0 aliphatic rings. The molecular weight excluding hydrogens is 312 g/mol. The van der Waals surface area contributed by atoms with Crippen molar-refractivity contribution in [1.29, 1.82) is 0 Å². The summed E-state index contributed by atoms with van der Waals surface area (Å²) in [5.41, 5.74) is 2.13.